The maximum atomic E-state index is 12.2. The molecule has 6 heteroatoms. The molecule has 0 saturated heterocycles. The van der Waals surface area contributed by atoms with Gasteiger partial charge in [-0.1, -0.05) is 48.5 Å². The number of carbonyl (C=O) groups excluding carboxylic acids is 1. The number of benzene rings is 3. The Kier molecular flexibility index (Phi) is 5.54. The summed E-state index contributed by atoms with van der Waals surface area (Å²) >= 11 is 0. The summed E-state index contributed by atoms with van der Waals surface area (Å²) < 4.78 is 6.97. The monoisotopic (exact) mass is 444 g/mol. The fourth-order valence-corrected chi connectivity index (χ4v) is 3.76. The van der Waals surface area contributed by atoms with Crippen LogP contribution in [0.15, 0.2) is 109 Å². The third kappa shape index (κ3) is 4.12. The van der Waals surface area contributed by atoms with Gasteiger partial charge < -0.3 is 4.74 Å². The van der Waals surface area contributed by atoms with Gasteiger partial charge in [0.05, 0.1) is 11.1 Å². The molecular weight excluding hydrogens is 424 g/mol. The maximum Gasteiger partial charge on any atom is 0.343 e. The lowest BCUT2D eigenvalue weighted by Gasteiger charge is -2.12. The molecule has 2 heterocycles. The zero-order valence-electron chi connectivity index (χ0n) is 18.1. The summed E-state index contributed by atoms with van der Waals surface area (Å²) in [5.74, 6) is 0.240. The minimum Gasteiger partial charge on any atom is -0.423 e. The van der Waals surface area contributed by atoms with Gasteiger partial charge in [0.1, 0.15) is 17.1 Å². The number of para-hydroxylation sites is 1. The average molecular weight is 444 g/mol. The summed E-state index contributed by atoms with van der Waals surface area (Å²) in [5, 5.41) is 18.1. The predicted octanol–water partition coefficient (Wildman–Crippen LogP) is 5.28. The SMILES string of the molecule is N=C(c1ccnc2ccccc12)n1ccc(-c2ccc(OC(=O)c3ccccc3)cc2)cc1=N. The molecule has 2 aromatic heterocycles. The van der Waals surface area contributed by atoms with Crippen molar-refractivity contribution >= 4 is 22.7 Å². The maximum absolute atomic E-state index is 12.2. The van der Waals surface area contributed by atoms with Crippen molar-refractivity contribution in [2.75, 3.05) is 0 Å². The van der Waals surface area contributed by atoms with Gasteiger partial charge >= 0.3 is 5.97 Å². The average Bonchev–Trinajstić information content (AvgIpc) is 2.89. The highest BCUT2D eigenvalue weighted by Gasteiger charge is 2.11. The predicted molar refractivity (Wildman–Crippen MR) is 131 cm³/mol. The second kappa shape index (κ2) is 8.96. The molecule has 0 amide bonds. The minimum atomic E-state index is -0.412. The number of hydrogen-bond acceptors (Lipinski definition) is 5. The number of rotatable bonds is 4. The van der Waals surface area contributed by atoms with Gasteiger partial charge in [-0.3, -0.25) is 20.4 Å². The van der Waals surface area contributed by atoms with Crippen molar-refractivity contribution in [3.05, 3.63) is 126 Å². The summed E-state index contributed by atoms with van der Waals surface area (Å²) in [7, 11) is 0. The zero-order valence-corrected chi connectivity index (χ0v) is 18.1. The van der Waals surface area contributed by atoms with Crippen molar-refractivity contribution in [3.63, 3.8) is 0 Å². The standard InChI is InChI=1S/C28H20N4O2/c29-26-18-21(19-10-12-22(13-11-19)34-28(33)20-6-2-1-3-7-20)15-17-32(26)27(30)24-14-16-31-25-9-5-4-8-23(24)25/h1-18,29-30H. The van der Waals surface area contributed by atoms with E-state index in [1.54, 1.807) is 60.9 Å². The smallest absolute Gasteiger partial charge is 0.343 e. The molecule has 164 valence electrons. The largest absolute Gasteiger partial charge is 0.423 e. The molecule has 0 unspecified atom stereocenters. The summed E-state index contributed by atoms with van der Waals surface area (Å²) in [4.78, 5) is 16.6. The molecule has 3 aromatic carbocycles. The Balaban J connectivity index is 1.38. The van der Waals surface area contributed by atoms with E-state index in [1.165, 1.54) is 4.57 Å². The van der Waals surface area contributed by atoms with Crippen LogP contribution < -0.4 is 10.2 Å². The lowest BCUT2D eigenvalue weighted by molar-refractivity contribution is 0.0735. The molecule has 0 fully saturated rings. The molecule has 0 bridgehead atoms. The second-order valence-corrected chi connectivity index (χ2v) is 7.67. The summed E-state index contributed by atoms with van der Waals surface area (Å²) in [6, 6.07) is 29.0. The molecular formula is C28H20N4O2. The van der Waals surface area contributed by atoms with Crippen LogP contribution in [0, 0.1) is 10.8 Å². The second-order valence-electron chi connectivity index (χ2n) is 7.67. The van der Waals surface area contributed by atoms with Crippen LogP contribution in [-0.4, -0.2) is 21.4 Å². The summed E-state index contributed by atoms with van der Waals surface area (Å²) in [6.45, 7) is 0. The molecule has 0 aliphatic rings. The molecule has 0 aliphatic heterocycles. The number of aromatic nitrogens is 2. The van der Waals surface area contributed by atoms with Gasteiger partial charge in [0.15, 0.2) is 0 Å². The van der Waals surface area contributed by atoms with Crippen LogP contribution in [0.4, 0.5) is 0 Å². The molecule has 0 saturated carbocycles. The van der Waals surface area contributed by atoms with Gasteiger partial charge in [-0.15, -0.1) is 0 Å². The number of nitrogens with zero attached hydrogens (tertiary/aromatic N) is 2. The van der Waals surface area contributed by atoms with Crippen LogP contribution in [0.25, 0.3) is 22.0 Å². The molecule has 0 aliphatic carbocycles. The fraction of sp³-hybridized carbons (Fsp3) is 0. The topological polar surface area (TPSA) is 91.8 Å². The summed E-state index contributed by atoms with van der Waals surface area (Å²) in [6.07, 6.45) is 3.40. The molecule has 0 radical (unpaired) electrons. The molecule has 2 N–H and O–H groups in total. The van der Waals surface area contributed by atoms with E-state index in [0.29, 0.717) is 16.9 Å². The number of fused-ring (bicyclic) bond motifs is 1. The van der Waals surface area contributed by atoms with Crippen molar-refractivity contribution in [2.24, 2.45) is 0 Å². The molecule has 5 rings (SSSR count). The number of carbonyl (C=O) groups is 1. The van der Waals surface area contributed by atoms with E-state index in [4.69, 9.17) is 15.6 Å². The van der Waals surface area contributed by atoms with Crippen LogP contribution in [0.2, 0.25) is 0 Å². The number of hydrogen-bond donors (Lipinski definition) is 2. The Labute approximate surface area is 195 Å². The van der Waals surface area contributed by atoms with E-state index in [2.05, 4.69) is 4.98 Å². The third-order valence-corrected chi connectivity index (χ3v) is 5.51. The van der Waals surface area contributed by atoms with Crippen molar-refractivity contribution in [1.82, 2.24) is 9.55 Å². The van der Waals surface area contributed by atoms with Gasteiger partial charge in [-0.25, -0.2) is 4.79 Å². The highest BCUT2D eigenvalue weighted by atomic mass is 16.5. The number of pyridine rings is 2. The van der Waals surface area contributed by atoms with Gasteiger partial charge in [-0.2, -0.15) is 0 Å². The minimum absolute atomic E-state index is 0.183. The molecule has 0 atom stereocenters. The Morgan fingerprint density at radius 2 is 1.56 bits per heavy atom. The first-order valence-corrected chi connectivity index (χ1v) is 10.7. The molecule has 6 nitrogen and oxygen atoms in total. The normalized spacial score (nSPS) is 10.7. The molecule has 0 spiro atoms. The lowest BCUT2D eigenvalue weighted by atomic mass is 10.1. The Morgan fingerprint density at radius 1 is 0.824 bits per heavy atom. The van der Waals surface area contributed by atoms with Gasteiger partial charge in [-0.05, 0) is 59.7 Å². The van der Waals surface area contributed by atoms with Crippen LogP contribution >= 0.6 is 0 Å². The van der Waals surface area contributed by atoms with E-state index in [-0.39, 0.29) is 11.3 Å². The van der Waals surface area contributed by atoms with Gasteiger partial charge in [0.2, 0.25) is 0 Å². The van der Waals surface area contributed by atoms with E-state index >= 15 is 0 Å². The van der Waals surface area contributed by atoms with E-state index in [0.717, 1.165) is 22.0 Å². The Bertz CT molecular complexity index is 1570. The number of ether oxygens (including phenoxy) is 1. The van der Waals surface area contributed by atoms with E-state index in [9.17, 15) is 4.79 Å². The van der Waals surface area contributed by atoms with Gasteiger partial charge in [0, 0.05) is 23.3 Å². The third-order valence-electron chi connectivity index (χ3n) is 5.51. The van der Waals surface area contributed by atoms with Crippen LogP contribution in [0.1, 0.15) is 15.9 Å². The highest BCUT2D eigenvalue weighted by Crippen LogP contribution is 2.22. The van der Waals surface area contributed by atoms with Gasteiger partial charge in [0.25, 0.3) is 0 Å². The van der Waals surface area contributed by atoms with E-state index < -0.39 is 5.97 Å². The molecule has 5 aromatic rings. The van der Waals surface area contributed by atoms with E-state index in [1.807, 2.05) is 48.5 Å². The number of nitrogens with one attached hydrogen (secondary N) is 2. The van der Waals surface area contributed by atoms with Crippen LogP contribution in [0.5, 0.6) is 5.75 Å². The first kappa shape index (κ1) is 21.0. The Morgan fingerprint density at radius 3 is 2.32 bits per heavy atom. The van der Waals surface area contributed by atoms with Crippen molar-refractivity contribution in [3.8, 4) is 16.9 Å². The number of esters is 1. The lowest BCUT2D eigenvalue weighted by Crippen LogP contribution is -2.26. The first-order chi connectivity index (χ1) is 16.6. The highest BCUT2D eigenvalue weighted by molar-refractivity contribution is 6.08. The van der Waals surface area contributed by atoms with Crippen molar-refractivity contribution in [2.45, 2.75) is 0 Å². The van der Waals surface area contributed by atoms with Crippen LogP contribution in [0.3, 0.4) is 0 Å². The Hall–Kier alpha value is -4.84. The quantitative estimate of drug-likeness (QED) is 0.171. The zero-order chi connectivity index (χ0) is 23.5. The first-order valence-electron chi connectivity index (χ1n) is 10.7. The van der Waals surface area contributed by atoms with Crippen molar-refractivity contribution in [1.29, 1.82) is 10.8 Å². The summed E-state index contributed by atoms with van der Waals surface area (Å²) in [5.41, 5.74) is 3.89. The fourth-order valence-electron chi connectivity index (χ4n) is 3.76. The van der Waals surface area contributed by atoms with Crippen molar-refractivity contribution < 1.29 is 9.53 Å². The molecule has 34 heavy (non-hydrogen) atoms. The van der Waals surface area contributed by atoms with Crippen LogP contribution in [-0.2, 0) is 0 Å².